The molecule has 0 aliphatic heterocycles. The van der Waals surface area contributed by atoms with Gasteiger partial charge in [-0.25, -0.2) is 9.67 Å². The van der Waals surface area contributed by atoms with Crippen LogP contribution in [0.15, 0.2) is 72.9 Å². The minimum atomic E-state index is -0.246. The van der Waals surface area contributed by atoms with Crippen molar-refractivity contribution in [3.63, 3.8) is 0 Å². The molecule has 0 aliphatic rings. The van der Waals surface area contributed by atoms with Crippen LogP contribution in [0.4, 0.5) is 5.82 Å². The molecule has 27 heavy (non-hydrogen) atoms. The molecule has 0 spiro atoms. The molecule has 0 atom stereocenters. The number of pyridine rings is 1. The van der Waals surface area contributed by atoms with Gasteiger partial charge in [0.05, 0.1) is 18.3 Å². The molecule has 4 aromatic rings. The molecule has 2 aromatic heterocycles. The number of rotatable bonds is 5. The minimum absolute atomic E-state index is 0.246. The first-order valence-corrected chi connectivity index (χ1v) is 8.99. The summed E-state index contributed by atoms with van der Waals surface area (Å²) in [5, 5.41) is 8.25. The summed E-state index contributed by atoms with van der Waals surface area (Å²) in [5.74, 6) is 0.401. The first-order chi connectivity index (χ1) is 13.2. The van der Waals surface area contributed by atoms with Crippen LogP contribution < -0.4 is 5.32 Å². The molecule has 0 aliphatic carbocycles. The van der Waals surface area contributed by atoms with Crippen LogP contribution in [0, 0.1) is 0 Å². The van der Waals surface area contributed by atoms with Crippen LogP contribution in [0.25, 0.3) is 10.9 Å². The summed E-state index contributed by atoms with van der Waals surface area (Å²) in [5.41, 5.74) is 3.62. The second-order valence-corrected chi connectivity index (χ2v) is 6.39. The van der Waals surface area contributed by atoms with E-state index in [1.165, 1.54) is 5.56 Å². The maximum atomic E-state index is 12.6. The number of carbonyl (C=O) groups is 1. The number of benzene rings is 2. The van der Waals surface area contributed by atoms with E-state index in [9.17, 15) is 4.79 Å². The van der Waals surface area contributed by atoms with Gasteiger partial charge in [0, 0.05) is 11.5 Å². The van der Waals surface area contributed by atoms with Gasteiger partial charge in [-0.05, 0) is 29.7 Å². The summed E-state index contributed by atoms with van der Waals surface area (Å²) in [7, 11) is 0. The number of nitrogens with one attached hydrogen (secondary N) is 1. The van der Waals surface area contributed by atoms with E-state index in [0.717, 1.165) is 22.9 Å². The third-order valence-electron chi connectivity index (χ3n) is 4.55. The first kappa shape index (κ1) is 17.0. The van der Waals surface area contributed by atoms with Gasteiger partial charge in [-0.1, -0.05) is 55.5 Å². The molecule has 5 heteroatoms. The zero-order valence-corrected chi connectivity index (χ0v) is 15.1. The molecule has 0 saturated carbocycles. The van der Waals surface area contributed by atoms with Gasteiger partial charge in [-0.3, -0.25) is 4.79 Å². The summed E-state index contributed by atoms with van der Waals surface area (Å²) in [4.78, 5) is 17.1. The van der Waals surface area contributed by atoms with E-state index in [1.54, 1.807) is 23.0 Å². The molecular formula is C22H20N4O. The van der Waals surface area contributed by atoms with Gasteiger partial charge in [-0.15, -0.1) is 0 Å². The molecule has 2 heterocycles. The monoisotopic (exact) mass is 356 g/mol. The van der Waals surface area contributed by atoms with E-state index in [2.05, 4.69) is 46.6 Å². The van der Waals surface area contributed by atoms with Gasteiger partial charge in [0.25, 0.3) is 5.91 Å². The van der Waals surface area contributed by atoms with Gasteiger partial charge in [-0.2, -0.15) is 5.10 Å². The van der Waals surface area contributed by atoms with Gasteiger partial charge in [0.15, 0.2) is 0 Å². The Balaban J connectivity index is 1.52. The van der Waals surface area contributed by atoms with Gasteiger partial charge in [0.2, 0.25) is 0 Å². The van der Waals surface area contributed by atoms with Gasteiger partial charge >= 0.3 is 0 Å². The van der Waals surface area contributed by atoms with Crippen molar-refractivity contribution in [2.24, 2.45) is 0 Å². The summed E-state index contributed by atoms with van der Waals surface area (Å²) in [6.07, 6.45) is 2.70. The third-order valence-corrected chi connectivity index (χ3v) is 4.55. The van der Waals surface area contributed by atoms with Crippen molar-refractivity contribution in [3.05, 3.63) is 89.7 Å². The van der Waals surface area contributed by atoms with Gasteiger partial charge < -0.3 is 5.32 Å². The average molecular weight is 356 g/mol. The largest absolute Gasteiger partial charge is 0.305 e. The lowest BCUT2D eigenvalue weighted by Crippen LogP contribution is -2.17. The zero-order valence-electron chi connectivity index (χ0n) is 15.1. The van der Waals surface area contributed by atoms with Crippen LogP contribution in [0.2, 0.25) is 0 Å². The van der Waals surface area contributed by atoms with E-state index in [4.69, 9.17) is 0 Å². The molecule has 0 bridgehead atoms. The standard InChI is InChI=1S/C22H20N4O/c1-2-16-7-9-17(10-8-16)15-26-21(13-14-23-26)25-22(27)20-12-11-18-5-3-4-6-19(18)24-20/h3-14H,2,15H2,1H3,(H,25,27). The van der Waals surface area contributed by atoms with Crippen molar-refractivity contribution >= 4 is 22.6 Å². The number of aryl methyl sites for hydroxylation is 1. The van der Waals surface area contributed by atoms with Crippen LogP contribution in [0.5, 0.6) is 0 Å². The van der Waals surface area contributed by atoms with Crippen molar-refractivity contribution < 1.29 is 4.79 Å². The van der Waals surface area contributed by atoms with E-state index >= 15 is 0 Å². The maximum Gasteiger partial charge on any atom is 0.275 e. The molecule has 134 valence electrons. The van der Waals surface area contributed by atoms with Crippen molar-refractivity contribution in [1.82, 2.24) is 14.8 Å². The number of fused-ring (bicyclic) bond motifs is 1. The smallest absolute Gasteiger partial charge is 0.275 e. The van der Waals surface area contributed by atoms with Crippen LogP contribution >= 0.6 is 0 Å². The molecule has 1 amide bonds. The Morgan fingerprint density at radius 2 is 1.74 bits per heavy atom. The predicted molar refractivity (Wildman–Crippen MR) is 107 cm³/mol. The highest BCUT2D eigenvalue weighted by Gasteiger charge is 2.12. The first-order valence-electron chi connectivity index (χ1n) is 8.99. The van der Waals surface area contributed by atoms with Crippen molar-refractivity contribution in [3.8, 4) is 0 Å². The lowest BCUT2D eigenvalue weighted by molar-refractivity contribution is 0.102. The number of amides is 1. The Morgan fingerprint density at radius 1 is 0.963 bits per heavy atom. The molecule has 0 saturated heterocycles. The summed E-state index contributed by atoms with van der Waals surface area (Å²) in [6.45, 7) is 2.73. The molecule has 5 nitrogen and oxygen atoms in total. The highest BCUT2D eigenvalue weighted by atomic mass is 16.2. The van der Waals surface area contributed by atoms with Crippen molar-refractivity contribution in [1.29, 1.82) is 0 Å². The summed E-state index contributed by atoms with van der Waals surface area (Å²) in [6, 6.07) is 21.6. The van der Waals surface area contributed by atoms with E-state index in [-0.39, 0.29) is 5.91 Å². The number of carbonyl (C=O) groups excluding carboxylic acids is 1. The fourth-order valence-electron chi connectivity index (χ4n) is 2.99. The number of anilines is 1. The molecule has 4 rings (SSSR count). The van der Waals surface area contributed by atoms with Crippen molar-refractivity contribution in [2.75, 3.05) is 5.32 Å². The maximum absolute atomic E-state index is 12.6. The molecule has 2 aromatic carbocycles. The predicted octanol–water partition coefficient (Wildman–Crippen LogP) is 4.29. The van der Waals surface area contributed by atoms with E-state index in [0.29, 0.717) is 18.1 Å². The number of hydrogen-bond donors (Lipinski definition) is 1. The Kier molecular flexibility index (Phi) is 4.66. The second-order valence-electron chi connectivity index (χ2n) is 6.39. The SMILES string of the molecule is CCc1ccc(Cn2nccc2NC(=O)c2ccc3ccccc3n2)cc1. The quantitative estimate of drug-likeness (QED) is 0.580. The number of aromatic nitrogens is 3. The minimum Gasteiger partial charge on any atom is -0.305 e. The highest BCUT2D eigenvalue weighted by molar-refractivity contribution is 6.03. The highest BCUT2D eigenvalue weighted by Crippen LogP contribution is 2.15. The Bertz CT molecular complexity index is 1080. The van der Waals surface area contributed by atoms with E-state index < -0.39 is 0 Å². The third kappa shape index (κ3) is 3.72. The molecule has 1 N–H and O–H groups in total. The fraction of sp³-hybridized carbons (Fsp3) is 0.136. The topological polar surface area (TPSA) is 59.8 Å². The number of para-hydroxylation sites is 1. The zero-order chi connectivity index (χ0) is 18.6. The molecular weight excluding hydrogens is 336 g/mol. The normalized spacial score (nSPS) is 10.9. The van der Waals surface area contributed by atoms with Crippen LogP contribution in [0.3, 0.4) is 0 Å². The van der Waals surface area contributed by atoms with Crippen molar-refractivity contribution in [2.45, 2.75) is 19.9 Å². The summed E-state index contributed by atoms with van der Waals surface area (Å²) < 4.78 is 1.78. The summed E-state index contributed by atoms with van der Waals surface area (Å²) >= 11 is 0. The molecule has 0 radical (unpaired) electrons. The van der Waals surface area contributed by atoms with Crippen LogP contribution in [-0.4, -0.2) is 20.7 Å². The number of nitrogens with zero attached hydrogens (tertiary/aromatic N) is 3. The lowest BCUT2D eigenvalue weighted by Gasteiger charge is -2.10. The average Bonchev–Trinajstić information content (AvgIpc) is 3.14. The lowest BCUT2D eigenvalue weighted by atomic mass is 10.1. The van der Waals surface area contributed by atoms with Crippen LogP contribution in [0.1, 0.15) is 28.5 Å². The molecule has 0 unspecified atom stereocenters. The molecule has 0 fully saturated rings. The Hall–Kier alpha value is -3.47. The second kappa shape index (κ2) is 7.41. The van der Waals surface area contributed by atoms with Gasteiger partial charge in [0.1, 0.15) is 11.5 Å². The Labute approximate surface area is 157 Å². The Morgan fingerprint density at radius 3 is 2.56 bits per heavy atom. The van der Waals surface area contributed by atoms with Crippen LogP contribution in [-0.2, 0) is 13.0 Å². The number of hydrogen-bond acceptors (Lipinski definition) is 3. The van der Waals surface area contributed by atoms with E-state index in [1.807, 2.05) is 30.3 Å². The fourth-order valence-corrected chi connectivity index (χ4v) is 2.99.